The lowest BCUT2D eigenvalue weighted by Crippen LogP contribution is -2.16. The summed E-state index contributed by atoms with van der Waals surface area (Å²) in [7, 11) is 0. The van der Waals surface area contributed by atoms with Gasteiger partial charge >= 0.3 is 0 Å². The van der Waals surface area contributed by atoms with E-state index in [4.69, 9.17) is 0 Å². The highest BCUT2D eigenvalue weighted by molar-refractivity contribution is 5.58. The summed E-state index contributed by atoms with van der Waals surface area (Å²) >= 11 is 0. The Kier molecular flexibility index (Phi) is 3.55. The highest BCUT2D eigenvalue weighted by atomic mass is 19.1. The van der Waals surface area contributed by atoms with Crippen LogP contribution in [0.15, 0.2) is 30.5 Å². The number of aromatic nitrogens is 3. The largest absolute Gasteiger partial charge is 0.317 e. The van der Waals surface area contributed by atoms with Gasteiger partial charge in [0.2, 0.25) is 0 Å². The van der Waals surface area contributed by atoms with Gasteiger partial charge < -0.3 is 5.32 Å². The number of nitrogens with zero attached hydrogens (tertiary/aromatic N) is 3. The fourth-order valence-electron chi connectivity index (χ4n) is 2.59. The maximum Gasteiger partial charge on any atom is 0.123 e. The maximum atomic E-state index is 13.0. The summed E-state index contributed by atoms with van der Waals surface area (Å²) in [5.74, 6) is -0.221. The molecule has 0 spiro atoms. The molecule has 100 valence electrons. The minimum absolute atomic E-state index is 0.221. The molecule has 0 aliphatic carbocycles. The second kappa shape index (κ2) is 5.48. The monoisotopic (exact) mass is 260 g/mol. The highest BCUT2D eigenvalue weighted by Gasteiger charge is 2.18. The molecule has 19 heavy (non-hydrogen) atoms. The van der Waals surface area contributed by atoms with Gasteiger partial charge in [-0.05, 0) is 56.6 Å². The Bertz CT molecular complexity index is 527. The number of rotatable bonds is 2. The van der Waals surface area contributed by atoms with Gasteiger partial charge in [0.05, 0.1) is 17.9 Å². The molecule has 3 rings (SSSR count). The Morgan fingerprint density at radius 3 is 2.84 bits per heavy atom. The van der Waals surface area contributed by atoms with Crippen molar-refractivity contribution in [2.45, 2.75) is 25.3 Å². The second-order valence-corrected chi connectivity index (χ2v) is 4.91. The first-order chi connectivity index (χ1) is 9.34. The molecule has 0 saturated carbocycles. The van der Waals surface area contributed by atoms with Crippen LogP contribution < -0.4 is 5.32 Å². The molecule has 5 heteroatoms. The number of hydrogen-bond acceptors (Lipinski definition) is 3. The smallest absolute Gasteiger partial charge is 0.123 e. The average molecular weight is 260 g/mol. The quantitative estimate of drug-likeness (QED) is 0.901. The van der Waals surface area contributed by atoms with E-state index in [0.717, 1.165) is 43.6 Å². The molecule has 0 bridgehead atoms. The first kappa shape index (κ1) is 12.3. The molecule has 0 radical (unpaired) electrons. The average Bonchev–Trinajstić information content (AvgIpc) is 2.75. The van der Waals surface area contributed by atoms with Gasteiger partial charge in [0.1, 0.15) is 5.82 Å². The Morgan fingerprint density at radius 2 is 2.00 bits per heavy atom. The summed E-state index contributed by atoms with van der Waals surface area (Å²) in [6, 6.07) is 6.87. The molecule has 0 amide bonds. The standard InChI is InChI=1S/C14H17FN4/c15-12-5-3-11(4-6-12)14-10-17-18-19(14)13-2-1-8-16-9-7-13/h3-6,10,13,16H,1-2,7-9H2. The maximum absolute atomic E-state index is 13.0. The van der Waals surface area contributed by atoms with E-state index in [1.165, 1.54) is 12.1 Å². The molecule has 2 aromatic rings. The Balaban J connectivity index is 1.90. The van der Waals surface area contributed by atoms with Crippen molar-refractivity contribution >= 4 is 0 Å². The van der Waals surface area contributed by atoms with Gasteiger partial charge in [-0.15, -0.1) is 5.10 Å². The summed E-state index contributed by atoms with van der Waals surface area (Å²) < 4.78 is 15.0. The molecule has 1 aromatic heterocycles. The zero-order valence-electron chi connectivity index (χ0n) is 10.7. The Labute approximate surface area is 111 Å². The van der Waals surface area contributed by atoms with Crippen LogP contribution in [0.3, 0.4) is 0 Å². The van der Waals surface area contributed by atoms with Gasteiger partial charge in [0, 0.05) is 5.56 Å². The van der Waals surface area contributed by atoms with Crippen LogP contribution >= 0.6 is 0 Å². The molecule has 1 N–H and O–H groups in total. The molecular formula is C14H17FN4. The van der Waals surface area contributed by atoms with Crippen LogP contribution in [0.2, 0.25) is 0 Å². The molecule has 1 atom stereocenters. The van der Waals surface area contributed by atoms with E-state index in [9.17, 15) is 4.39 Å². The van der Waals surface area contributed by atoms with Crippen molar-refractivity contribution in [2.75, 3.05) is 13.1 Å². The van der Waals surface area contributed by atoms with E-state index in [1.807, 2.05) is 4.68 Å². The molecule has 4 nitrogen and oxygen atoms in total. The lowest BCUT2D eigenvalue weighted by molar-refractivity contribution is 0.408. The summed E-state index contributed by atoms with van der Waals surface area (Å²) in [5.41, 5.74) is 1.93. The normalized spacial score (nSPS) is 20.2. The van der Waals surface area contributed by atoms with Crippen LogP contribution in [0.5, 0.6) is 0 Å². The van der Waals surface area contributed by atoms with Crippen molar-refractivity contribution in [3.63, 3.8) is 0 Å². The zero-order valence-corrected chi connectivity index (χ0v) is 10.7. The van der Waals surface area contributed by atoms with Crippen molar-refractivity contribution in [1.82, 2.24) is 20.3 Å². The third-order valence-electron chi connectivity index (χ3n) is 3.61. The minimum atomic E-state index is -0.221. The van der Waals surface area contributed by atoms with Crippen LogP contribution in [0.1, 0.15) is 25.3 Å². The van der Waals surface area contributed by atoms with Gasteiger partial charge in [-0.1, -0.05) is 5.21 Å². The molecule has 1 unspecified atom stereocenters. The van der Waals surface area contributed by atoms with E-state index in [1.54, 1.807) is 18.3 Å². The van der Waals surface area contributed by atoms with Gasteiger partial charge in [0.15, 0.2) is 0 Å². The van der Waals surface area contributed by atoms with Crippen molar-refractivity contribution in [3.8, 4) is 11.3 Å². The summed E-state index contributed by atoms with van der Waals surface area (Å²) in [4.78, 5) is 0. The highest BCUT2D eigenvalue weighted by Crippen LogP contribution is 2.26. The fourth-order valence-corrected chi connectivity index (χ4v) is 2.59. The first-order valence-corrected chi connectivity index (χ1v) is 6.71. The van der Waals surface area contributed by atoms with Crippen molar-refractivity contribution < 1.29 is 4.39 Å². The number of benzene rings is 1. The van der Waals surface area contributed by atoms with E-state index >= 15 is 0 Å². The molecule has 1 aliphatic rings. The van der Waals surface area contributed by atoms with Crippen LogP contribution in [0, 0.1) is 5.82 Å². The van der Waals surface area contributed by atoms with E-state index in [2.05, 4.69) is 15.6 Å². The molecule has 1 aliphatic heterocycles. The predicted octanol–water partition coefficient (Wildman–Crippen LogP) is 2.40. The predicted molar refractivity (Wildman–Crippen MR) is 71.2 cm³/mol. The zero-order chi connectivity index (χ0) is 13.1. The summed E-state index contributed by atoms with van der Waals surface area (Å²) in [5, 5.41) is 11.6. The molecule has 1 fully saturated rings. The van der Waals surface area contributed by atoms with Gasteiger partial charge in [-0.3, -0.25) is 0 Å². The minimum Gasteiger partial charge on any atom is -0.317 e. The molecule has 1 aromatic carbocycles. The van der Waals surface area contributed by atoms with Crippen molar-refractivity contribution in [3.05, 3.63) is 36.3 Å². The molecule has 2 heterocycles. The van der Waals surface area contributed by atoms with Crippen molar-refractivity contribution in [1.29, 1.82) is 0 Å². The van der Waals surface area contributed by atoms with Crippen LogP contribution in [0.25, 0.3) is 11.3 Å². The number of hydrogen-bond donors (Lipinski definition) is 1. The first-order valence-electron chi connectivity index (χ1n) is 6.71. The summed E-state index contributed by atoms with van der Waals surface area (Å²) in [6.45, 7) is 2.07. The lowest BCUT2D eigenvalue weighted by Gasteiger charge is -2.16. The third kappa shape index (κ3) is 2.66. The van der Waals surface area contributed by atoms with Crippen molar-refractivity contribution in [2.24, 2.45) is 0 Å². The summed E-state index contributed by atoms with van der Waals surface area (Å²) in [6.07, 6.45) is 5.06. The van der Waals surface area contributed by atoms with Gasteiger partial charge in [-0.2, -0.15) is 0 Å². The SMILES string of the molecule is Fc1ccc(-c2cnnn2C2CCCNCC2)cc1. The van der Waals surface area contributed by atoms with Crippen LogP contribution in [-0.4, -0.2) is 28.1 Å². The number of halogens is 1. The molecular weight excluding hydrogens is 243 g/mol. The van der Waals surface area contributed by atoms with Crippen LogP contribution in [-0.2, 0) is 0 Å². The van der Waals surface area contributed by atoms with E-state index in [0.29, 0.717) is 6.04 Å². The fraction of sp³-hybridized carbons (Fsp3) is 0.429. The topological polar surface area (TPSA) is 42.7 Å². The van der Waals surface area contributed by atoms with E-state index in [-0.39, 0.29) is 5.82 Å². The lowest BCUT2D eigenvalue weighted by atomic mass is 10.1. The van der Waals surface area contributed by atoms with Gasteiger partial charge in [-0.25, -0.2) is 9.07 Å². The molecule has 1 saturated heterocycles. The van der Waals surface area contributed by atoms with Crippen LogP contribution in [0.4, 0.5) is 4.39 Å². The second-order valence-electron chi connectivity index (χ2n) is 4.91. The Hall–Kier alpha value is -1.75. The third-order valence-corrected chi connectivity index (χ3v) is 3.61. The Morgan fingerprint density at radius 1 is 1.16 bits per heavy atom. The van der Waals surface area contributed by atoms with Gasteiger partial charge in [0.25, 0.3) is 0 Å². The van der Waals surface area contributed by atoms with E-state index < -0.39 is 0 Å². The number of nitrogens with one attached hydrogen (secondary N) is 1.